The van der Waals surface area contributed by atoms with Gasteiger partial charge in [0.25, 0.3) is 0 Å². The number of aromatic nitrogens is 4. The predicted molar refractivity (Wildman–Crippen MR) is 117 cm³/mol. The molecule has 1 saturated carbocycles. The Bertz CT molecular complexity index is 996. The van der Waals surface area contributed by atoms with Crippen molar-refractivity contribution >= 4 is 17.3 Å². The molecule has 4 aliphatic rings. The van der Waals surface area contributed by atoms with Crippen LogP contribution in [0.2, 0.25) is 0 Å². The molecule has 1 aromatic carbocycles. The Hall–Kier alpha value is -2.50. The van der Waals surface area contributed by atoms with Crippen molar-refractivity contribution in [3.8, 4) is 22.9 Å². The van der Waals surface area contributed by atoms with Gasteiger partial charge >= 0.3 is 0 Å². The molecule has 3 aliphatic heterocycles. The van der Waals surface area contributed by atoms with E-state index in [0.717, 1.165) is 11.3 Å². The maximum Gasteiger partial charge on any atom is 0.231 e. The number of hydrogen-bond donors (Lipinski definition) is 2. The molecule has 1 aromatic heterocycles. The van der Waals surface area contributed by atoms with Crippen LogP contribution in [0.4, 0.5) is 0 Å². The van der Waals surface area contributed by atoms with Crippen molar-refractivity contribution in [2.75, 3.05) is 20.0 Å². The molecule has 2 aromatic rings. The van der Waals surface area contributed by atoms with E-state index in [1.807, 2.05) is 18.2 Å². The molecule has 10 nitrogen and oxygen atoms in total. The first-order valence-corrected chi connectivity index (χ1v) is 11.7. The number of hydrogen-bond acceptors (Lipinski definition) is 8. The maximum absolute atomic E-state index is 6.15. The molecule has 2 saturated heterocycles. The van der Waals surface area contributed by atoms with E-state index in [1.54, 1.807) is 4.68 Å². The third kappa shape index (κ3) is 3.67. The van der Waals surface area contributed by atoms with Crippen molar-refractivity contribution in [2.45, 2.75) is 62.4 Å². The number of tetrazole rings is 1. The zero-order valence-corrected chi connectivity index (χ0v) is 18.4. The lowest BCUT2D eigenvalue weighted by molar-refractivity contribution is 0.0626. The summed E-state index contributed by atoms with van der Waals surface area (Å²) in [5, 5.41) is 20.0. The Morgan fingerprint density at radius 2 is 1.84 bits per heavy atom. The minimum absolute atomic E-state index is 0.000866. The maximum atomic E-state index is 6.15. The van der Waals surface area contributed by atoms with E-state index in [4.69, 9.17) is 31.2 Å². The predicted octanol–water partition coefficient (Wildman–Crippen LogP) is 1.57. The Balaban J connectivity index is 1.14. The van der Waals surface area contributed by atoms with Crippen molar-refractivity contribution in [3.63, 3.8) is 0 Å². The van der Waals surface area contributed by atoms with Crippen LogP contribution in [-0.4, -0.2) is 69.6 Å². The zero-order valence-electron chi connectivity index (χ0n) is 17.6. The van der Waals surface area contributed by atoms with Gasteiger partial charge in [-0.15, -0.1) is 5.10 Å². The molecule has 170 valence electrons. The molecule has 4 atom stereocenters. The van der Waals surface area contributed by atoms with E-state index in [1.165, 1.54) is 32.1 Å². The summed E-state index contributed by atoms with van der Waals surface area (Å²) in [6, 6.07) is 6.04. The van der Waals surface area contributed by atoms with Crippen molar-refractivity contribution < 1.29 is 18.9 Å². The van der Waals surface area contributed by atoms with Crippen molar-refractivity contribution in [2.24, 2.45) is 0 Å². The third-order valence-electron chi connectivity index (χ3n) is 6.72. The number of rotatable bonds is 4. The molecule has 0 bridgehead atoms. The second-order valence-electron chi connectivity index (χ2n) is 8.74. The van der Waals surface area contributed by atoms with E-state index in [0.29, 0.717) is 35.9 Å². The minimum atomic E-state index is -0.152. The summed E-state index contributed by atoms with van der Waals surface area (Å²) in [6.45, 7) is 1.22. The van der Waals surface area contributed by atoms with Crippen LogP contribution in [0.3, 0.4) is 0 Å². The second kappa shape index (κ2) is 8.45. The van der Waals surface area contributed by atoms with Gasteiger partial charge in [-0.05, 0) is 53.7 Å². The highest BCUT2D eigenvalue weighted by molar-refractivity contribution is 7.80. The van der Waals surface area contributed by atoms with Gasteiger partial charge in [0.2, 0.25) is 6.79 Å². The number of nitrogens with zero attached hydrogens (tertiary/aromatic N) is 4. The highest BCUT2D eigenvalue weighted by Crippen LogP contribution is 2.38. The monoisotopic (exact) mass is 458 g/mol. The first-order chi connectivity index (χ1) is 15.8. The first kappa shape index (κ1) is 20.1. The lowest BCUT2D eigenvalue weighted by Crippen LogP contribution is -2.50. The van der Waals surface area contributed by atoms with Gasteiger partial charge in [-0.25, -0.2) is 4.68 Å². The van der Waals surface area contributed by atoms with Crippen molar-refractivity contribution in [1.82, 2.24) is 30.8 Å². The summed E-state index contributed by atoms with van der Waals surface area (Å²) >= 11 is 5.57. The quantitative estimate of drug-likeness (QED) is 0.656. The lowest BCUT2D eigenvalue weighted by Gasteiger charge is -2.26. The van der Waals surface area contributed by atoms with Crippen LogP contribution in [0.15, 0.2) is 18.2 Å². The smallest absolute Gasteiger partial charge is 0.231 e. The highest BCUT2D eigenvalue weighted by Gasteiger charge is 2.50. The molecule has 0 spiro atoms. The summed E-state index contributed by atoms with van der Waals surface area (Å²) in [7, 11) is 0. The van der Waals surface area contributed by atoms with Crippen molar-refractivity contribution in [1.29, 1.82) is 0 Å². The molecule has 3 fully saturated rings. The normalized spacial score (nSPS) is 29.1. The highest BCUT2D eigenvalue weighted by atomic mass is 32.1. The van der Waals surface area contributed by atoms with Gasteiger partial charge < -0.3 is 29.6 Å². The summed E-state index contributed by atoms with van der Waals surface area (Å²) in [6.07, 6.45) is 5.94. The van der Waals surface area contributed by atoms with E-state index in [2.05, 4.69) is 26.2 Å². The van der Waals surface area contributed by atoms with Gasteiger partial charge in [0, 0.05) is 11.6 Å². The number of ether oxygens (including phenoxy) is 4. The molecule has 0 radical (unpaired) electrons. The molecular weight excluding hydrogens is 432 g/mol. The van der Waals surface area contributed by atoms with Gasteiger partial charge in [0.05, 0.1) is 19.3 Å². The number of nitrogens with one attached hydrogen (secondary N) is 2. The van der Waals surface area contributed by atoms with E-state index >= 15 is 0 Å². The molecule has 0 unspecified atom stereocenters. The third-order valence-corrected chi connectivity index (χ3v) is 6.96. The van der Waals surface area contributed by atoms with Gasteiger partial charge in [0.15, 0.2) is 22.4 Å². The molecule has 6 rings (SSSR count). The van der Waals surface area contributed by atoms with Crippen LogP contribution >= 0.6 is 12.2 Å². The summed E-state index contributed by atoms with van der Waals surface area (Å²) in [5.41, 5.74) is 0.855. The SMILES string of the molecule is S=C(NC1CCCCC1)N[C@H]1CO[C@H]2[C@@H]1OC[C@@H]2n1nnnc1-c1ccc2c(c1)OCO2. The molecule has 0 amide bonds. The topological polar surface area (TPSA) is 105 Å². The molecule has 1 aliphatic carbocycles. The molecule has 32 heavy (non-hydrogen) atoms. The van der Waals surface area contributed by atoms with Crippen LogP contribution in [0, 0.1) is 0 Å². The summed E-state index contributed by atoms with van der Waals surface area (Å²) in [4.78, 5) is 0. The summed E-state index contributed by atoms with van der Waals surface area (Å²) < 4.78 is 25.0. The Kier molecular flexibility index (Phi) is 5.32. The Morgan fingerprint density at radius 3 is 2.75 bits per heavy atom. The van der Waals surface area contributed by atoms with Gasteiger partial charge in [-0.3, -0.25) is 0 Å². The van der Waals surface area contributed by atoms with Crippen molar-refractivity contribution in [3.05, 3.63) is 18.2 Å². The Labute approximate surface area is 190 Å². The van der Waals surface area contributed by atoms with E-state index < -0.39 is 0 Å². The fourth-order valence-corrected chi connectivity index (χ4v) is 5.42. The average Bonchev–Trinajstić information content (AvgIpc) is 3.59. The molecule has 2 N–H and O–H groups in total. The second-order valence-corrected chi connectivity index (χ2v) is 9.15. The molecule has 11 heteroatoms. The average molecular weight is 459 g/mol. The molecule has 4 heterocycles. The van der Waals surface area contributed by atoms with Crippen LogP contribution < -0.4 is 20.1 Å². The first-order valence-electron chi connectivity index (χ1n) is 11.2. The molecular formula is C21H26N6O4S. The number of fused-ring (bicyclic) bond motifs is 2. The zero-order chi connectivity index (χ0) is 21.5. The minimum Gasteiger partial charge on any atom is -0.454 e. The van der Waals surface area contributed by atoms with E-state index in [9.17, 15) is 0 Å². The number of thiocarbonyl (C=S) groups is 1. The lowest BCUT2D eigenvalue weighted by atomic mass is 9.96. The fourth-order valence-electron chi connectivity index (χ4n) is 5.10. The van der Waals surface area contributed by atoms with E-state index in [-0.39, 0.29) is 31.1 Å². The largest absolute Gasteiger partial charge is 0.454 e. The number of benzene rings is 1. The fraction of sp³-hybridized carbons (Fsp3) is 0.619. The standard InChI is InChI=1S/C21H26N6O4S/c32-21(22-13-4-2-1-3-5-13)23-14-9-28-19-15(10-29-18(14)19)27-20(24-25-26-27)12-6-7-16-17(8-12)31-11-30-16/h6-8,13-15,18-19H,1-5,9-11H2,(H2,22,23,32)/t14-,15-,18+,19+/m0/s1. The van der Waals surface area contributed by atoms with Crippen LogP contribution in [0.25, 0.3) is 11.4 Å². The van der Waals surface area contributed by atoms with Crippen LogP contribution in [-0.2, 0) is 9.47 Å². The summed E-state index contributed by atoms with van der Waals surface area (Å²) in [5.74, 6) is 2.06. The van der Waals surface area contributed by atoms with Crippen LogP contribution in [0.1, 0.15) is 38.1 Å². The van der Waals surface area contributed by atoms with Gasteiger partial charge in [0.1, 0.15) is 18.2 Å². The van der Waals surface area contributed by atoms with Gasteiger partial charge in [-0.2, -0.15) is 0 Å². The Morgan fingerprint density at radius 1 is 1.00 bits per heavy atom. The van der Waals surface area contributed by atoms with Gasteiger partial charge in [-0.1, -0.05) is 19.3 Å². The van der Waals surface area contributed by atoms with Crippen LogP contribution in [0.5, 0.6) is 11.5 Å².